The van der Waals surface area contributed by atoms with Crippen molar-refractivity contribution < 1.29 is 0 Å². The number of fused-ring (bicyclic) bond motifs is 7. The predicted octanol–water partition coefficient (Wildman–Crippen LogP) is 6.26. The summed E-state index contributed by atoms with van der Waals surface area (Å²) in [6, 6.07) is 22.0. The van der Waals surface area contributed by atoms with Crippen molar-refractivity contribution >= 4 is 21.5 Å². The maximum absolute atomic E-state index is 2.29. The van der Waals surface area contributed by atoms with Crippen LogP contribution in [0.25, 0.3) is 43.8 Å². The van der Waals surface area contributed by atoms with E-state index in [9.17, 15) is 0 Å². The molecular formula is C22H16. The van der Waals surface area contributed by atoms with Crippen molar-refractivity contribution in [1.29, 1.82) is 0 Å². The van der Waals surface area contributed by atoms with Crippen molar-refractivity contribution in [2.45, 2.75) is 13.8 Å². The summed E-state index contributed by atoms with van der Waals surface area (Å²) in [6.45, 7) is 4.53. The molecule has 0 fully saturated rings. The molecule has 0 atom stereocenters. The van der Waals surface area contributed by atoms with Crippen LogP contribution in [-0.4, -0.2) is 0 Å². The summed E-state index contributed by atoms with van der Waals surface area (Å²) in [6.07, 6.45) is 0. The number of benzene rings is 4. The summed E-state index contributed by atoms with van der Waals surface area (Å²) in [7, 11) is 0. The zero-order valence-corrected chi connectivity index (χ0v) is 12.8. The number of rotatable bonds is 0. The summed E-state index contributed by atoms with van der Waals surface area (Å²) >= 11 is 0. The Morgan fingerprint density at radius 2 is 1.09 bits per heavy atom. The topological polar surface area (TPSA) is 0 Å². The third-order valence-corrected chi connectivity index (χ3v) is 5.18. The van der Waals surface area contributed by atoms with Crippen LogP contribution in [0.2, 0.25) is 0 Å². The minimum atomic E-state index is 1.33. The number of aryl methyl sites for hydroxylation is 2. The average Bonchev–Trinajstić information content (AvgIpc) is 2.54. The van der Waals surface area contributed by atoms with Gasteiger partial charge in [-0.05, 0) is 68.8 Å². The molecule has 0 spiro atoms. The number of hydrogen-bond donors (Lipinski definition) is 0. The quantitative estimate of drug-likeness (QED) is 0.314. The van der Waals surface area contributed by atoms with Gasteiger partial charge in [0.1, 0.15) is 0 Å². The van der Waals surface area contributed by atoms with Gasteiger partial charge in [-0.15, -0.1) is 0 Å². The lowest BCUT2D eigenvalue weighted by atomic mass is 9.72. The van der Waals surface area contributed by atoms with Crippen molar-refractivity contribution in [2.75, 3.05) is 0 Å². The molecule has 0 aliphatic heterocycles. The predicted molar refractivity (Wildman–Crippen MR) is 95.4 cm³/mol. The van der Waals surface area contributed by atoms with E-state index in [1.807, 2.05) is 0 Å². The Hall–Kier alpha value is -2.60. The normalized spacial score (nSPS) is 12.1. The van der Waals surface area contributed by atoms with Crippen molar-refractivity contribution in [3.8, 4) is 22.3 Å². The van der Waals surface area contributed by atoms with E-state index < -0.39 is 0 Å². The van der Waals surface area contributed by atoms with Crippen LogP contribution in [0.4, 0.5) is 0 Å². The molecule has 0 bridgehead atoms. The Balaban J connectivity index is 1.98. The molecule has 0 radical (unpaired) electrons. The van der Waals surface area contributed by atoms with E-state index in [0.29, 0.717) is 0 Å². The zero-order chi connectivity index (χ0) is 14.8. The highest BCUT2D eigenvalue weighted by molar-refractivity contribution is 6.20. The molecular weight excluding hydrogens is 264 g/mol. The van der Waals surface area contributed by atoms with Crippen molar-refractivity contribution in [1.82, 2.24) is 0 Å². The smallest absolute Gasteiger partial charge is 0.00173 e. The maximum atomic E-state index is 2.29. The Bertz CT molecular complexity index is 1080. The zero-order valence-electron chi connectivity index (χ0n) is 12.8. The molecule has 4 aromatic rings. The van der Waals surface area contributed by atoms with Crippen molar-refractivity contribution in [3.63, 3.8) is 0 Å². The van der Waals surface area contributed by atoms with Crippen LogP contribution < -0.4 is 0 Å². The summed E-state index contributed by atoms with van der Waals surface area (Å²) < 4.78 is 0. The van der Waals surface area contributed by atoms with Gasteiger partial charge in [0.25, 0.3) is 0 Å². The van der Waals surface area contributed by atoms with Gasteiger partial charge in [-0.3, -0.25) is 0 Å². The Labute approximate surface area is 130 Å². The average molecular weight is 280 g/mol. The van der Waals surface area contributed by atoms with Crippen LogP contribution in [0.3, 0.4) is 0 Å². The Kier molecular flexibility index (Phi) is 2.17. The Morgan fingerprint density at radius 1 is 0.500 bits per heavy atom. The minimum absolute atomic E-state index is 1.33. The van der Waals surface area contributed by atoms with E-state index in [-0.39, 0.29) is 0 Å². The minimum Gasteiger partial charge on any atom is -0.0616 e. The van der Waals surface area contributed by atoms with Gasteiger partial charge in [-0.25, -0.2) is 0 Å². The third kappa shape index (κ3) is 1.28. The molecule has 0 heterocycles. The largest absolute Gasteiger partial charge is 0.0616 e. The van der Waals surface area contributed by atoms with Crippen LogP contribution in [0, 0.1) is 13.8 Å². The molecule has 22 heavy (non-hydrogen) atoms. The summed E-state index contributed by atoms with van der Waals surface area (Å²) in [5.41, 5.74) is 8.61. The molecule has 0 saturated heterocycles. The molecule has 0 saturated carbocycles. The van der Waals surface area contributed by atoms with E-state index in [0.717, 1.165) is 0 Å². The fraction of sp³-hybridized carbons (Fsp3) is 0.0909. The third-order valence-electron chi connectivity index (χ3n) is 5.18. The lowest BCUT2D eigenvalue weighted by Gasteiger charge is -2.31. The molecule has 4 aromatic carbocycles. The van der Waals surface area contributed by atoms with E-state index in [2.05, 4.69) is 74.5 Å². The van der Waals surface area contributed by atoms with Crippen LogP contribution in [0.15, 0.2) is 60.7 Å². The van der Waals surface area contributed by atoms with E-state index in [1.54, 1.807) is 0 Å². The molecule has 0 nitrogen and oxygen atoms in total. The second-order valence-corrected chi connectivity index (χ2v) is 6.25. The molecule has 5 rings (SSSR count). The first-order valence-corrected chi connectivity index (χ1v) is 7.82. The monoisotopic (exact) mass is 280 g/mol. The van der Waals surface area contributed by atoms with Crippen LogP contribution in [0.5, 0.6) is 0 Å². The van der Waals surface area contributed by atoms with Gasteiger partial charge >= 0.3 is 0 Å². The lowest BCUT2D eigenvalue weighted by molar-refractivity contribution is 1.41. The molecule has 1 aliphatic carbocycles. The molecule has 0 aromatic heterocycles. The highest BCUT2D eigenvalue weighted by Crippen LogP contribution is 2.55. The standard InChI is InChI=1S/C22H16/c1-13-16-8-5-6-9-17(16)14(2)21-20(13)19-12-11-15-7-3-4-10-18(15)22(19)21/h3-12H,1-2H3. The van der Waals surface area contributed by atoms with Crippen molar-refractivity contribution in [2.24, 2.45) is 0 Å². The van der Waals surface area contributed by atoms with Crippen LogP contribution in [-0.2, 0) is 0 Å². The van der Waals surface area contributed by atoms with Gasteiger partial charge in [0.05, 0.1) is 0 Å². The van der Waals surface area contributed by atoms with Gasteiger partial charge in [-0.2, -0.15) is 0 Å². The van der Waals surface area contributed by atoms with Gasteiger partial charge in [0.2, 0.25) is 0 Å². The van der Waals surface area contributed by atoms with Crippen LogP contribution >= 0.6 is 0 Å². The van der Waals surface area contributed by atoms with Gasteiger partial charge in [0, 0.05) is 0 Å². The lowest BCUT2D eigenvalue weighted by Crippen LogP contribution is -2.05. The van der Waals surface area contributed by atoms with E-state index in [4.69, 9.17) is 0 Å². The molecule has 104 valence electrons. The first-order valence-electron chi connectivity index (χ1n) is 7.82. The highest BCUT2D eigenvalue weighted by Gasteiger charge is 2.29. The molecule has 0 heteroatoms. The maximum Gasteiger partial charge on any atom is -0.00173 e. The summed E-state index contributed by atoms with van der Waals surface area (Å²) in [5, 5.41) is 5.48. The summed E-state index contributed by atoms with van der Waals surface area (Å²) in [5.74, 6) is 0. The molecule has 0 unspecified atom stereocenters. The molecule has 1 aliphatic rings. The van der Waals surface area contributed by atoms with Gasteiger partial charge in [-0.1, -0.05) is 60.7 Å². The first-order chi connectivity index (χ1) is 10.8. The fourth-order valence-electron chi connectivity index (χ4n) is 4.12. The molecule has 0 N–H and O–H groups in total. The highest BCUT2D eigenvalue weighted by atomic mass is 14.3. The molecule has 0 amide bonds. The second kappa shape index (κ2) is 3.98. The Morgan fingerprint density at radius 3 is 1.82 bits per heavy atom. The summed E-state index contributed by atoms with van der Waals surface area (Å²) in [4.78, 5) is 0. The first kappa shape index (κ1) is 12.0. The van der Waals surface area contributed by atoms with E-state index >= 15 is 0 Å². The SMILES string of the molecule is Cc1c2c(c(C)c3ccccc13)-c1c-2ccc2ccccc12. The number of hydrogen-bond acceptors (Lipinski definition) is 0. The van der Waals surface area contributed by atoms with Gasteiger partial charge in [0.15, 0.2) is 0 Å². The van der Waals surface area contributed by atoms with E-state index in [1.165, 1.54) is 54.9 Å². The van der Waals surface area contributed by atoms with Crippen molar-refractivity contribution in [3.05, 3.63) is 71.8 Å². The van der Waals surface area contributed by atoms with Crippen LogP contribution in [0.1, 0.15) is 11.1 Å². The fourth-order valence-corrected chi connectivity index (χ4v) is 4.12. The van der Waals surface area contributed by atoms with Gasteiger partial charge < -0.3 is 0 Å². The second-order valence-electron chi connectivity index (χ2n) is 6.25.